The number of hydrogen-bond donors (Lipinski definition) is 1. The molecule has 100 valence electrons. The fourth-order valence-electron chi connectivity index (χ4n) is 1.78. The molecule has 4 nitrogen and oxygen atoms in total. The van der Waals surface area contributed by atoms with E-state index in [4.69, 9.17) is 0 Å². The normalized spacial score (nSPS) is 10.4. The Kier molecular flexibility index (Phi) is 5.38. The Morgan fingerprint density at radius 2 is 2.16 bits per heavy atom. The number of nitrogens with one attached hydrogen (secondary N) is 1. The van der Waals surface area contributed by atoms with Gasteiger partial charge in [-0.05, 0) is 47.6 Å². The number of unbranched alkanes of at least 4 members (excludes halogenated alkanes) is 1. The van der Waals surface area contributed by atoms with Gasteiger partial charge in [-0.3, -0.25) is 4.79 Å². The van der Waals surface area contributed by atoms with Gasteiger partial charge in [-0.15, -0.1) is 0 Å². The van der Waals surface area contributed by atoms with E-state index in [0.717, 1.165) is 28.5 Å². The molecule has 19 heavy (non-hydrogen) atoms. The molecule has 0 fully saturated rings. The van der Waals surface area contributed by atoms with Crippen molar-refractivity contribution >= 4 is 28.5 Å². The highest BCUT2D eigenvalue weighted by Crippen LogP contribution is 2.10. The first-order valence-electron chi connectivity index (χ1n) is 6.26. The number of halogens is 1. The second kappa shape index (κ2) is 7.28. The van der Waals surface area contributed by atoms with Crippen molar-refractivity contribution in [2.24, 2.45) is 0 Å². The fourth-order valence-corrected chi connectivity index (χ4v) is 2.41. The van der Waals surface area contributed by atoms with Gasteiger partial charge in [-0.1, -0.05) is 12.1 Å². The van der Waals surface area contributed by atoms with Crippen LogP contribution in [0.2, 0.25) is 0 Å². The number of rotatable bonds is 6. The smallest absolute Gasteiger partial charge is 0.252 e. The van der Waals surface area contributed by atoms with Crippen LogP contribution < -0.4 is 5.32 Å². The Morgan fingerprint density at radius 3 is 2.89 bits per heavy atom. The van der Waals surface area contributed by atoms with Crippen LogP contribution in [0.3, 0.4) is 0 Å². The number of nitrogens with zero attached hydrogens (tertiary/aromatic N) is 2. The zero-order valence-electron chi connectivity index (χ0n) is 10.6. The van der Waals surface area contributed by atoms with Crippen molar-refractivity contribution < 1.29 is 4.79 Å². The maximum Gasteiger partial charge on any atom is 0.252 e. The van der Waals surface area contributed by atoms with Crippen molar-refractivity contribution in [2.75, 3.05) is 6.54 Å². The standard InChI is InChI=1S/C14H16IN3O/c15-13-6-2-1-5-12(13)14(19)17-7-3-4-9-18-10-8-16-11-18/h1-2,5-6,8,10-11H,3-4,7,9H2,(H,17,19). The number of imidazole rings is 1. The molecule has 0 atom stereocenters. The molecular formula is C14H16IN3O. The number of amides is 1. The highest BCUT2D eigenvalue weighted by Gasteiger charge is 2.07. The summed E-state index contributed by atoms with van der Waals surface area (Å²) in [6, 6.07) is 7.61. The van der Waals surface area contributed by atoms with E-state index in [1.807, 2.05) is 41.4 Å². The van der Waals surface area contributed by atoms with Gasteiger partial charge in [0.15, 0.2) is 0 Å². The van der Waals surface area contributed by atoms with E-state index in [-0.39, 0.29) is 5.91 Å². The van der Waals surface area contributed by atoms with Gasteiger partial charge in [0.1, 0.15) is 0 Å². The van der Waals surface area contributed by atoms with Gasteiger partial charge in [0.05, 0.1) is 11.9 Å². The third-order valence-electron chi connectivity index (χ3n) is 2.81. The number of aryl methyl sites for hydroxylation is 1. The molecule has 0 saturated heterocycles. The summed E-state index contributed by atoms with van der Waals surface area (Å²) < 4.78 is 3.03. The van der Waals surface area contributed by atoms with E-state index in [0.29, 0.717) is 6.54 Å². The Hall–Kier alpha value is -1.37. The summed E-state index contributed by atoms with van der Waals surface area (Å²) in [5, 5.41) is 2.95. The second-order valence-electron chi connectivity index (χ2n) is 4.24. The number of carbonyl (C=O) groups excluding carboxylic acids is 1. The van der Waals surface area contributed by atoms with Gasteiger partial charge < -0.3 is 9.88 Å². The SMILES string of the molecule is O=C(NCCCCn1ccnc1)c1ccccc1I. The average molecular weight is 369 g/mol. The molecule has 1 amide bonds. The Labute approximate surface area is 126 Å². The Bertz CT molecular complexity index is 525. The maximum atomic E-state index is 11.9. The molecule has 1 heterocycles. The zero-order chi connectivity index (χ0) is 13.5. The maximum absolute atomic E-state index is 11.9. The molecule has 5 heteroatoms. The molecule has 1 N–H and O–H groups in total. The highest BCUT2D eigenvalue weighted by molar-refractivity contribution is 14.1. The molecule has 0 saturated carbocycles. The van der Waals surface area contributed by atoms with E-state index in [1.54, 1.807) is 6.20 Å². The van der Waals surface area contributed by atoms with Crippen LogP contribution in [0, 0.1) is 3.57 Å². The van der Waals surface area contributed by atoms with E-state index in [1.165, 1.54) is 0 Å². The van der Waals surface area contributed by atoms with Crippen molar-refractivity contribution in [3.8, 4) is 0 Å². The zero-order valence-corrected chi connectivity index (χ0v) is 12.7. The largest absolute Gasteiger partial charge is 0.352 e. The van der Waals surface area contributed by atoms with Crippen LogP contribution in [-0.4, -0.2) is 22.0 Å². The highest BCUT2D eigenvalue weighted by atomic mass is 127. The van der Waals surface area contributed by atoms with Gasteiger partial charge in [0.2, 0.25) is 0 Å². The lowest BCUT2D eigenvalue weighted by molar-refractivity contribution is 0.0952. The van der Waals surface area contributed by atoms with Crippen LogP contribution in [0.4, 0.5) is 0 Å². The molecule has 1 aromatic heterocycles. The summed E-state index contributed by atoms with van der Waals surface area (Å²) in [6.07, 6.45) is 7.53. The first kappa shape index (κ1) is 14.0. The molecule has 2 aromatic rings. The summed E-state index contributed by atoms with van der Waals surface area (Å²) in [4.78, 5) is 15.9. The van der Waals surface area contributed by atoms with Gasteiger partial charge in [-0.2, -0.15) is 0 Å². The van der Waals surface area contributed by atoms with Gasteiger partial charge in [0.25, 0.3) is 5.91 Å². The lowest BCUT2D eigenvalue weighted by Crippen LogP contribution is -2.25. The lowest BCUT2D eigenvalue weighted by Gasteiger charge is -2.07. The first-order chi connectivity index (χ1) is 9.27. The summed E-state index contributed by atoms with van der Waals surface area (Å²) in [5.74, 6) is 0.00707. The predicted molar refractivity (Wildman–Crippen MR) is 83.0 cm³/mol. The van der Waals surface area contributed by atoms with E-state index in [2.05, 4.69) is 32.9 Å². The lowest BCUT2D eigenvalue weighted by atomic mass is 10.2. The van der Waals surface area contributed by atoms with E-state index >= 15 is 0 Å². The monoisotopic (exact) mass is 369 g/mol. The predicted octanol–water partition coefficient (Wildman–Crippen LogP) is 2.70. The molecule has 1 aromatic carbocycles. The quantitative estimate of drug-likeness (QED) is 0.629. The van der Waals surface area contributed by atoms with Gasteiger partial charge in [-0.25, -0.2) is 4.98 Å². The molecule has 0 aliphatic rings. The molecule has 0 spiro atoms. The van der Waals surface area contributed by atoms with Crippen molar-refractivity contribution in [3.05, 3.63) is 52.1 Å². The van der Waals surface area contributed by atoms with Crippen molar-refractivity contribution in [3.63, 3.8) is 0 Å². The van der Waals surface area contributed by atoms with Gasteiger partial charge in [0, 0.05) is 29.1 Å². The molecule has 0 aliphatic heterocycles. The van der Waals surface area contributed by atoms with Crippen LogP contribution in [-0.2, 0) is 6.54 Å². The molecule has 2 rings (SSSR count). The van der Waals surface area contributed by atoms with Crippen LogP contribution in [0.25, 0.3) is 0 Å². The van der Waals surface area contributed by atoms with Crippen molar-refractivity contribution in [1.29, 1.82) is 0 Å². The molecule has 0 bridgehead atoms. The van der Waals surface area contributed by atoms with Crippen LogP contribution >= 0.6 is 22.6 Å². The van der Waals surface area contributed by atoms with Crippen LogP contribution in [0.15, 0.2) is 43.0 Å². The third-order valence-corrected chi connectivity index (χ3v) is 3.75. The third kappa shape index (κ3) is 4.34. The van der Waals surface area contributed by atoms with Crippen molar-refractivity contribution in [1.82, 2.24) is 14.9 Å². The number of aromatic nitrogens is 2. The Balaban J connectivity index is 1.68. The van der Waals surface area contributed by atoms with Crippen LogP contribution in [0.5, 0.6) is 0 Å². The minimum Gasteiger partial charge on any atom is -0.352 e. The average Bonchev–Trinajstić information content (AvgIpc) is 2.92. The molecule has 0 aliphatic carbocycles. The number of hydrogen-bond acceptors (Lipinski definition) is 2. The minimum absolute atomic E-state index is 0.00707. The van der Waals surface area contributed by atoms with Crippen LogP contribution in [0.1, 0.15) is 23.2 Å². The second-order valence-corrected chi connectivity index (χ2v) is 5.41. The Morgan fingerprint density at radius 1 is 1.32 bits per heavy atom. The minimum atomic E-state index is 0.00707. The molecule has 0 radical (unpaired) electrons. The van der Waals surface area contributed by atoms with Gasteiger partial charge >= 0.3 is 0 Å². The fraction of sp³-hybridized carbons (Fsp3) is 0.286. The number of carbonyl (C=O) groups is 1. The summed E-state index contributed by atoms with van der Waals surface area (Å²) in [5.41, 5.74) is 0.748. The molecule has 0 unspecified atom stereocenters. The van der Waals surface area contributed by atoms with E-state index in [9.17, 15) is 4.79 Å². The topological polar surface area (TPSA) is 46.9 Å². The summed E-state index contributed by atoms with van der Waals surface area (Å²) in [6.45, 7) is 1.65. The number of benzene rings is 1. The first-order valence-corrected chi connectivity index (χ1v) is 7.34. The summed E-state index contributed by atoms with van der Waals surface area (Å²) in [7, 11) is 0. The van der Waals surface area contributed by atoms with E-state index < -0.39 is 0 Å². The van der Waals surface area contributed by atoms with Crippen molar-refractivity contribution in [2.45, 2.75) is 19.4 Å². The summed E-state index contributed by atoms with van der Waals surface area (Å²) >= 11 is 2.18. The molecular weight excluding hydrogens is 353 g/mol.